The summed E-state index contributed by atoms with van der Waals surface area (Å²) in [6.45, 7) is 9.23. The molecule has 0 aromatic rings. The average Bonchev–Trinajstić information content (AvgIpc) is 2.15. The molecule has 0 radical (unpaired) electrons. The third-order valence-electron chi connectivity index (χ3n) is 2.19. The molecule has 0 amide bonds. The molecular formula is C11H24O3. The van der Waals surface area contributed by atoms with Crippen molar-refractivity contribution in [3.05, 3.63) is 0 Å². The van der Waals surface area contributed by atoms with Crippen molar-refractivity contribution in [3.63, 3.8) is 0 Å². The Labute approximate surface area is 87.4 Å². The lowest BCUT2D eigenvalue weighted by Crippen LogP contribution is -2.22. The van der Waals surface area contributed by atoms with Crippen LogP contribution in [0.3, 0.4) is 0 Å². The van der Waals surface area contributed by atoms with Crippen LogP contribution in [0.4, 0.5) is 0 Å². The number of hydrogen-bond donors (Lipinski definition) is 1. The van der Waals surface area contributed by atoms with Crippen LogP contribution in [0.15, 0.2) is 0 Å². The number of hydrogen-bond acceptors (Lipinski definition) is 3. The van der Waals surface area contributed by atoms with E-state index < -0.39 is 0 Å². The van der Waals surface area contributed by atoms with Gasteiger partial charge in [-0.05, 0) is 12.3 Å². The molecule has 14 heavy (non-hydrogen) atoms. The fourth-order valence-corrected chi connectivity index (χ4v) is 1.11. The van der Waals surface area contributed by atoms with Gasteiger partial charge in [-0.3, -0.25) is 0 Å². The molecule has 1 atom stereocenters. The van der Waals surface area contributed by atoms with Gasteiger partial charge < -0.3 is 14.6 Å². The third kappa shape index (κ3) is 7.30. The Morgan fingerprint density at radius 3 is 2.07 bits per heavy atom. The van der Waals surface area contributed by atoms with Gasteiger partial charge in [0.25, 0.3) is 0 Å². The molecule has 0 saturated carbocycles. The smallest absolute Gasteiger partial charge is 0.0697 e. The lowest BCUT2D eigenvalue weighted by Gasteiger charge is -2.20. The lowest BCUT2D eigenvalue weighted by molar-refractivity contribution is 0.0115. The second-order valence-corrected chi connectivity index (χ2v) is 3.88. The van der Waals surface area contributed by atoms with Crippen molar-refractivity contribution in [1.29, 1.82) is 0 Å². The van der Waals surface area contributed by atoms with Crippen molar-refractivity contribution in [1.82, 2.24) is 0 Å². The average molecular weight is 204 g/mol. The fraction of sp³-hybridized carbons (Fsp3) is 1.00. The van der Waals surface area contributed by atoms with E-state index in [1.807, 2.05) is 0 Å². The van der Waals surface area contributed by atoms with Gasteiger partial charge in [0.2, 0.25) is 0 Å². The summed E-state index contributed by atoms with van der Waals surface area (Å²) in [4.78, 5) is 0. The van der Waals surface area contributed by atoms with Gasteiger partial charge in [0.1, 0.15) is 0 Å². The van der Waals surface area contributed by atoms with E-state index in [4.69, 9.17) is 14.6 Å². The lowest BCUT2D eigenvalue weighted by atomic mass is 9.98. The topological polar surface area (TPSA) is 38.7 Å². The molecular weight excluding hydrogens is 180 g/mol. The summed E-state index contributed by atoms with van der Waals surface area (Å²) in [5, 5.41) is 8.58. The van der Waals surface area contributed by atoms with E-state index in [0.29, 0.717) is 25.0 Å². The Kier molecular flexibility index (Phi) is 9.35. The van der Waals surface area contributed by atoms with Gasteiger partial charge in [0.05, 0.1) is 26.4 Å². The first-order chi connectivity index (χ1) is 6.72. The fourth-order valence-electron chi connectivity index (χ4n) is 1.11. The summed E-state index contributed by atoms with van der Waals surface area (Å²) in [5.41, 5.74) is 0. The van der Waals surface area contributed by atoms with Gasteiger partial charge in [-0.1, -0.05) is 20.8 Å². The minimum absolute atomic E-state index is 0.0978. The van der Waals surface area contributed by atoms with Crippen molar-refractivity contribution in [2.75, 3.05) is 33.0 Å². The first kappa shape index (κ1) is 13.9. The van der Waals surface area contributed by atoms with E-state index in [2.05, 4.69) is 20.8 Å². The quantitative estimate of drug-likeness (QED) is 0.581. The Morgan fingerprint density at radius 2 is 1.64 bits per heavy atom. The normalized spacial score (nSPS) is 13.5. The SMILES string of the molecule is CCCOCC(COCCO)C(C)C. The first-order valence-electron chi connectivity index (χ1n) is 5.48. The van der Waals surface area contributed by atoms with Crippen LogP contribution in [0.5, 0.6) is 0 Å². The Balaban J connectivity index is 3.55. The minimum atomic E-state index is 0.0978. The maximum Gasteiger partial charge on any atom is 0.0697 e. The summed E-state index contributed by atoms with van der Waals surface area (Å²) in [7, 11) is 0. The van der Waals surface area contributed by atoms with Crippen LogP contribution in [0.2, 0.25) is 0 Å². The molecule has 0 fully saturated rings. The van der Waals surface area contributed by atoms with Gasteiger partial charge in [-0.25, -0.2) is 0 Å². The standard InChI is InChI=1S/C11H24O3/c1-4-6-13-8-11(10(2)3)9-14-7-5-12/h10-12H,4-9H2,1-3H3. The summed E-state index contributed by atoms with van der Waals surface area (Å²) < 4.78 is 10.8. The Bertz CT molecular complexity index is 105. The van der Waals surface area contributed by atoms with Crippen molar-refractivity contribution in [2.45, 2.75) is 27.2 Å². The second-order valence-electron chi connectivity index (χ2n) is 3.88. The van der Waals surface area contributed by atoms with Crippen LogP contribution in [0.1, 0.15) is 27.2 Å². The zero-order valence-electron chi connectivity index (χ0n) is 9.66. The first-order valence-corrected chi connectivity index (χ1v) is 5.48. The molecule has 0 bridgehead atoms. The summed E-state index contributed by atoms with van der Waals surface area (Å²) in [6, 6.07) is 0. The molecule has 0 spiro atoms. The summed E-state index contributed by atoms with van der Waals surface area (Å²) >= 11 is 0. The van der Waals surface area contributed by atoms with E-state index in [9.17, 15) is 0 Å². The molecule has 0 aromatic heterocycles. The molecule has 0 aliphatic rings. The van der Waals surface area contributed by atoms with Gasteiger partial charge in [0.15, 0.2) is 0 Å². The van der Waals surface area contributed by atoms with Gasteiger partial charge in [-0.15, -0.1) is 0 Å². The van der Waals surface area contributed by atoms with Crippen LogP contribution in [0.25, 0.3) is 0 Å². The van der Waals surface area contributed by atoms with Crippen LogP contribution in [-0.2, 0) is 9.47 Å². The maximum absolute atomic E-state index is 8.58. The molecule has 0 heterocycles. The summed E-state index contributed by atoms with van der Waals surface area (Å²) in [5.74, 6) is 0.999. The van der Waals surface area contributed by atoms with Crippen LogP contribution < -0.4 is 0 Å². The zero-order valence-corrected chi connectivity index (χ0v) is 9.66. The Morgan fingerprint density at radius 1 is 1.07 bits per heavy atom. The van der Waals surface area contributed by atoms with Gasteiger partial charge >= 0.3 is 0 Å². The highest BCUT2D eigenvalue weighted by Gasteiger charge is 2.13. The van der Waals surface area contributed by atoms with Crippen molar-refractivity contribution in [2.24, 2.45) is 11.8 Å². The molecule has 3 nitrogen and oxygen atoms in total. The van der Waals surface area contributed by atoms with Crippen LogP contribution in [0, 0.1) is 11.8 Å². The third-order valence-corrected chi connectivity index (χ3v) is 2.19. The predicted molar refractivity (Wildman–Crippen MR) is 57.3 cm³/mol. The molecule has 1 N–H and O–H groups in total. The minimum Gasteiger partial charge on any atom is -0.394 e. The number of rotatable bonds is 9. The van der Waals surface area contributed by atoms with E-state index in [-0.39, 0.29) is 6.61 Å². The predicted octanol–water partition coefficient (Wildman–Crippen LogP) is 1.69. The second kappa shape index (κ2) is 9.44. The Hall–Kier alpha value is -0.120. The summed E-state index contributed by atoms with van der Waals surface area (Å²) in [6.07, 6.45) is 1.06. The van der Waals surface area contributed by atoms with Crippen molar-refractivity contribution < 1.29 is 14.6 Å². The van der Waals surface area contributed by atoms with Crippen LogP contribution >= 0.6 is 0 Å². The maximum atomic E-state index is 8.58. The monoisotopic (exact) mass is 204 g/mol. The molecule has 1 unspecified atom stereocenters. The number of ether oxygens (including phenoxy) is 2. The zero-order chi connectivity index (χ0) is 10.8. The number of aliphatic hydroxyl groups is 1. The highest BCUT2D eigenvalue weighted by Crippen LogP contribution is 2.11. The van der Waals surface area contributed by atoms with E-state index in [0.717, 1.165) is 19.6 Å². The van der Waals surface area contributed by atoms with Crippen LogP contribution in [-0.4, -0.2) is 38.1 Å². The van der Waals surface area contributed by atoms with E-state index in [1.165, 1.54) is 0 Å². The van der Waals surface area contributed by atoms with Crippen molar-refractivity contribution >= 4 is 0 Å². The van der Waals surface area contributed by atoms with E-state index in [1.54, 1.807) is 0 Å². The van der Waals surface area contributed by atoms with Crippen molar-refractivity contribution in [3.8, 4) is 0 Å². The molecule has 86 valence electrons. The molecule has 0 rings (SSSR count). The molecule has 0 aliphatic carbocycles. The molecule has 0 saturated heterocycles. The highest BCUT2D eigenvalue weighted by atomic mass is 16.5. The molecule has 3 heteroatoms. The molecule has 0 aliphatic heterocycles. The number of aliphatic hydroxyl groups excluding tert-OH is 1. The van der Waals surface area contributed by atoms with Gasteiger partial charge in [0, 0.05) is 12.5 Å². The van der Waals surface area contributed by atoms with E-state index >= 15 is 0 Å². The van der Waals surface area contributed by atoms with Gasteiger partial charge in [-0.2, -0.15) is 0 Å². The highest BCUT2D eigenvalue weighted by molar-refractivity contribution is 4.61. The molecule has 0 aromatic carbocycles. The largest absolute Gasteiger partial charge is 0.394 e.